The second-order valence-corrected chi connectivity index (χ2v) is 7.10. The number of nitrogens with two attached hydrogens (primary N) is 1. The van der Waals surface area contributed by atoms with Crippen LogP contribution in [0.1, 0.15) is 27.2 Å². The molecule has 0 unspecified atom stereocenters. The molecule has 2 aromatic heterocycles. The lowest BCUT2D eigenvalue weighted by Gasteiger charge is -2.16. The number of rotatable bonds is 7. The average Bonchev–Trinajstić information content (AvgIpc) is 2.96. The van der Waals surface area contributed by atoms with Crippen molar-refractivity contribution in [1.82, 2.24) is 19.5 Å². The molecule has 2 rings (SSSR count). The van der Waals surface area contributed by atoms with Gasteiger partial charge in [0.05, 0.1) is 18.2 Å². The van der Waals surface area contributed by atoms with E-state index in [1.807, 2.05) is 0 Å². The molecule has 25 heavy (non-hydrogen) atoms. The normalized spacial score (nSPS) is 11.5. The number of hydrogen-bond donors (Lipinski definition) is 1. The van der Waals surface area contributed by atoms with Gasteiger partial charge in [0.1, 0.15) is 22.8 Å². The van der Waals surface area contributed by atoms with Gasteiger partial charge in [-0.1, -0.05) is 11.8 Å². The zero-order chi connectivity index (χ0) is 18.4. The third kappa shape index (κ3) is 5.13. The Labute approximate surface area is 149 Å². The number of fused-ring (bicyclic) bond motifs is 1. The molecule has 0 fully saturated rings. The molecule has 2 heterocycles. The first kappa shape index (κ1) is 19.1. The monoisotopic (exact) mass is 367 g/mol. The van der Waals surface area contributed by atoms with E-state index in [4.69, 9.17) is 15.2 Å². The zero-order valence-corrected chi connectivity index (χ0v) is 15.2. The molecule has 0 aromatic carbocycles. The van der Waals surface area contributed by atoms with E-state index in [1.54, 1.807) is 25.3 Å². The number of nitrogens with zero attached hydrogens (tertiary/aromatic N) is 4. The molecular weight excluding hydrogens is 346 g/mol. The van der Waals surface area contributed by atoms with Gasteiger partial charge in [-0.25, -0.2) is 15.0 Å². The van der Waals surface area contributed by atoms with Crippen LogP contribution in [0.25, 0.3) is 11.2 Å². The maximum Gasteiger partial charge on any atom is 0.312 e. The van der Waals surface area contributed by atoms with Gasteiger partial charge < -0.3 is 15.2 Å². The van der Waals surface area contributed by atoms with Crippen molar-refractivity contribution in [1.29, 1.82) is 0 Å². The van der Waals surface area contributed by atoms with E-state index in [2.05, 4.69) is 15.0 Å². The average molecular weight is 367 g/mol. The first-order valence-electron chi connectivity index (χ1n) is 7.64. The predicted molar refractivity (Wildman–Crippen MR) is 91.4 cm³/mol. The van der Waals surface area contributed by atoms with E-state index in [0.29, 0.717) is 16.2 Å². The second kappa shape index (κ2) is 8.26. The third-order valence-electron chi connectivity index (χ3n) is 3.08. The minimum atomic E-state index is -0.584. The molecule has 0 aliphatic rings. The maximum absolute atomic E-state index is 11.9. The van der Waals surface area contributed by atoms with Crippen LogP contribution in [0.5, 0.6) is 0 Å². The summed E-state index contributed by atoms with van der Waals surface area (Å²) in [7, 11) is 0. The van der Waals surface area contributed by atoms with Crippen LogP contribution in [-0.2, 0) is 25.8 Å². The molecule has 0 saturated carbocycles. The molecule has 2 aromatic rings. The molecule has 0 aliphatic carbocycles. The molecule has 0 saturated heterocycles. The van der Waals surface area contributed by atoms with Gasteiger partial charge >= 0.3 is 11.9 Å². The quantitative estimate of drug-likeness (QED) is 0.334. The van der Waals surface area contributed by atoms with E-state index < -0.39 is 5.41 Å². The number of aromatic nitrogens is 4. The number of thioether (sulfide) groups is 1. The lowest BCUT2D eigenvalue weighted by molar-refractivity contribution is -0.156. The van der Waals surface area contributed by atoms with Gasteiger partial charge in [0, 0.05) is 6.54 Å². The molecule has 0 radical (unpaired) electrons. The molecule has 0 amide bonds. The number of carbonyl (C=O) groups excluding carboxylic acids is 2. The largest absolute Gasteiger partial charge is 0.454 e. The number of esters is 2. The van der Waals surface area contributed by atoms with Crippen molar-refractivity contribution in [2.45, 2.75) is 38.9 Å². The summed E-state index contributed by atoms with van der Waals surface area (Å²) in [5.41, 5.74) is 5.79. The first-order chi connectivity index (χ1) is 11.8. The van der Waals surface area contributed by atoms with Crippen molar-refractivity contribution >= 4 is 34.9 Å². The van der Waals surface area contributed by atoms with E-state index in [9.17, 15) is 9.59 Å². The van der Waals surface area contributed by atoms with Crippen molar-refractivity contribution in [3.05, 3.63) is 12.7 Å². The van der Waals surface area contributed by atoms with E-state index >= 15 is 0 Å². The molecular formula is C15H21N5O4S. The summed E-state index contributed by atoms with van der Waals surface area (Å²) in [5.74, 6) is -0.568. The summed E-state index contributed by atoms with van der Waals surface area (Å²) < 4.78 is 11.9. The Balaban J connectivity index is 2.04. The Morgan fingerprint density at radius 3 is 2.68 bits per heavy atom. The minimum absolute atomic E-state index is 0.0131. The van der Waals surface area contributed by atoms with Gasteiger partial charge in [0.15, 0.2) is 12.4 Å². The van der Waals surface area contributed by atoms with Crippen LogP contribution < -0.4 is 5.73 Å². The highest BCUT2D eigenvalue weighted by molar-refractivity contribution is 7.99. The molecule has 2 N–H and O–H groups in total. The van der Waals surface area contributed by atoms with Gasteiger partial charge in [0.2, 0.25) is 0 Å². The van der Waals surface area contributed by atoms with Crippen molar-refractivity contribution in [3.63, 3.8) is 0 Å². The van der Waals surface area contributed by atoms with Crippen LogP contribution >= 0.6 is 11.8 Å². The van der Waals surface area contributed by atoms with Crippen LogP contribution in [0.4, 0.5) is 0 Å². The summed E-state index contributed by atoms with van der Waals surface area (Å²) in [5, 5.41) is 0.575. The Morgan fingerprint density at radius 2 is 2.00 bits per heavy atom. The van der Waals surface area contributed by atoms with Crippen LogP contribution in [0.2, 0.25) is 0 Å². The lowest BCUT2D eigenvalue weighted by atomic mass is 9.98. The summed E-state index contributed by atoms with van der Waals surface area (Å²) in [6, 6.07) is 0. The molecule has 0 atom stereocenters. The fourth-order valence-corrected chi connectivity index (χ4v) is 2.45. The van der Waals surface area contributed by atoms with E-state index in [0.717, 1.165) is 0 Å². The van der Waals surface area contributed by atoms with E-state index in [-0.39, 0.29) is 37.6 Å². The van der Waals surface area contributed by atoms with Crippen molar-refractivity contribution in [2.75, 3.05) is 12.5 Å². The highest BCUT2D eigenvalue weighted by Gasteiger charge is 2.23. The van der Waals surface area contributed by atoms with E-state index in [1.165, 1.54) is 24.4 Å². The highest BCUT2D eigenvalue weighted by atomic mass is 32.2. The zero-order valence-electron chi connectivity index (χ0n) is 14.4. The molecule has 0 aliphatic heterocycles. The molecule has 136 valence electrons. The Kier molecular flexibility index (Phi) is 6.32. The molecule has 9 nitrogen and oxygen atoms in total. The summed E-state index contributed by atoms with van der Waals surface area (Å²) in [4.78, 5) is 35.8. The van der Waals surface area contributed by atoms with Gasteiger partial charge in [-0.05, 0) is 20.8 Å². The van der Waals surface area contributed by atoms with Gasteiger partial charge in [0.25, 0.3) is 0 Å². The fraction of sp³-hybridized carbons (Fsp3) is 0.533. The first-order valence-corrected chi connectivity index (χ1v) is 8.63. The van der Waals surface area contributed by atoms with Crippen LogP contribution in [-0.4, -0.2) is 43.9 Å². The summed E-state index contributed by atoms with van der Waals surface area (Å²) in [6.45, 7) is 5.61. The Hall–Kier alpha value is -2.20. The van der Waals surface area contributed by atoms with Crippen LogP contribution in [0.15, 0.2) is 17.7 Å². The van der Waals surface area contributed by atoms with Crippen molar-refractivity contribution in [2.24, 2.45) is 11.1 Å². The summed E-state index contributed by atoms with van der Waals surface area (Å²) in [6.07, 6.45) is 3.09. The Morgan fingerprint density at radius 1 is 1.24 bits per heavy atom. The van der Waals surface area contributed by atoms with Crippen molar-refractivity contribution in [3.8, 4) is 0 Å². The smallest absolute Gasteiger partial charge is 0.312 e. The SMILES string of the molecule is CC(C)(C)C(=O)OCn1cnc2c(SCOC(=O)CCN)ncnc21. The van der Waals surface area contributed by atoms with Crippen LogP contribution in [0.3, 0.4) is 0 Å². The number of imidazole rings is 1. The highest BCUT2D eigenvalue weighted by Crippen LogP contribution is 2.23. The number of hydrogen-bond acceptors (Lipinski definition) is 9. The fourth-order valence-electron chi connectivity index (χ4n) is 1.74. The lowest BCUT2D eigenvalue weighted by Crippen LogP contribution is -2.23. The third-order valence-corrected chi connectivity index (χ3v) is 3.89. The second-order valence-electron chi connectivity index (χ2n) is 6.19. The number of carbonyl (C=O) groups is 2. The number of ether oxygens (including phenoxy) is 2. The molecule has 10 heteroatoms. The predicted octanol–water partition coefficient (Wildman–Crippen LogP) is 1.31. The molecule has 0 bridgehead atoms. The van der Waals surface area contributed by atoms with Gasteiger partial charge in [-0.2, -0.15) is 0 Å². The minimum Gasteiger partial charge on any atom is -0.454 e. The topological polar surface area (TPSA) is 122 Å². The maximum atomic E-state index is 11.9. The molecule has 0 spiro atoms. The standard InChI is InChI=1S/C15H21N5O4S/c1-15(2,3)14(22)23-8-20-7-19-11-12(20)17-6-18-13(11)25-9-24-10(21)4-5-16/h6-7H,4-5,8-9,16H2,1-3H3. The summed E-state index contributed by atoms with van der Waals surface area (Å²) >= 11 is 1.23. The Bertz CT molecular complexity index is 756. The van der Waals surface area contributed by atoms with Gasteiger partial charge in [-0.3, -0.25) is 14.2 Å². The van der Waals surface area contributed by atoms with Crippen molar-refractivity contribution < 1.29 is 19.1 Å². The van der Waals surface area contributed by atoms with Crippen LogP contribution in [0, 0.1) is 5.41 Å². The van der Waals surface area contributed by atoms with Gasteiger partial charge in [-0.15, -0.1) is 0 Å².